The summed E-state index contributed by atoms with van der Waals surface area (Å²) in [7, 11) is 0. The van der Waals surface area contributed by atoms with Crippen LogP contribution >= 0.6 is 15.9 Å². The average molecular weight is 408 g/mol. The molecule has 2 aliphatic rings. The molecule has 25 heavy (non-hydrogen) atoms. The molecule has 1 heterocycles. The van der Waals surface area contributed by atoms with Gasteiger partial charge < -0.3 is 15.4 Å². The molecule has 1 saturated carbocycles. The Morgan fingerprint density at radius 3 is 2.52 bits per heavy atom. The Kier molecular flexibility index (Phi) is 6.77. The Labute approximate surface area is 160 Å². The van der Waals surface area contributed by atoms with Crippen molar-refractivity contribution >= 4 is 21.9 Å². The number of rotatable bonds is 5. The maximum atomic E-state index is 5.64. The molecule has 0 aromatic heterocycles. The van der Waals surface area contributed by atoms with Crippen molar-refractivity contribution in [1.29, 1.82) is 0 Å². The highest BCUT2D eigenvalue weighted by Crippen LogP contribution is 2.35. The summed E-state index contributed by atoms with van der Waals surface area (Å²) in [5.74, 6) is 0.970. The molecule has 2 N–H and O–H groups in total. The van der Waals surface area contributed by atoms with Crippen LogP contribution in [0.1, 0.15) is 51.0 Å². The lowest BCUT2D eigenvalue weighted by atomic mass is 9.74. The molecule has 1 saturated heterocycles. The molecular formula is C20H30BrN3O. The molecule has 0 spiro atoms. The van der Waals surface area contributed by atoms with Crippen molar-refractivity contribution in [1.82, 2.24) is 10.6 Å². The summed E-state index contributed by atoms with van der Waals surface area (Å²) < 4.78 is 6.77. The summed E-state index contributed by atoms with van der Waals surface area (Å²) in [6.07, 6.45) is 7.24. The van der Waals surface area contributed by atoms with Gasteiger partial charge in [0, 0.05) is 35.7 Å². The predicted molar refractivity (Wildman–Crippen MR) is 107 cm³/mol. The summed E-state index contributed by atoms with van der Waals surface area (Å²) in [6, 6.07) is 9.33. The van der Waals surface area contributed by atoms with Crippen LogP contribution in [-0.2, 0) is 10.2 Å². The van der Waals surface area contributed by atoms with Gasteiger partial charge in [0.1, 0.15) is 0 Å². The fourth-order valence-electron chi connectivity index (χ4n) is 3.92. The van der Waals surface area contributed by atoms with Crippen molar-refractivity contribution in [2.24, 2.45) is 4.99 Å². The van der Waals surface area contributed by atoms with E-state index < -0.39 is 0 Å². The van der Waals surface area contributed by atoms with Crippen LogP contribution in [-0.4, -0.2) is 38.3 Å². The summed E-state index contributed by atoms with van der Waals surface area (Å²) >= 11 is 3.55. The van der Waals surface area contributed by atoms with E-state index in [1.54, 1.807) is 0 Å². The highest BCUT2D eigenvalue weighted by Gasteiger charge is 2.34. The first-order chi connectivity index (χ1) is 12.2. The van der Waals surface area contributed by atoms with E-state index in [4.69, 9.17) is 9.73 Å². The number of benzene rings is 1. The molecule has 0 atom stereocenters. The largest absolute Gasteiger partial charge is 0.381 e. The second-order valence-corrected chi connectivity index (χ2v) is 8.14. The van der Waals surface area contributed by atoms with E-state index >= 15 is 0 Å². The van der Waals surface area contributed by atoms with Gasteiger partial charge in [0.15, 0.2) is 5.96 Å². The van der Waals surface area contributed by atoms with Crippen molar-refractivity contribution in [2.75, 3.05) is 26.3 Å². The number of nitrogens with zero attached hydrogens (tertiary/aromatic N) is 1. The quantitative estimate of drug-likeness (QED) is 0.572. The first-order valence-corrected chi connectivity index (χ1v) is 10.4. The molecule has 138 valence electrons. The van der Waals surface area contributed by atoms with Gasteiger partial charge in [-0.1, -0.05) is 40.9 Å². The lowest BCUT2D eigenvalue weighted by molar-refractivity contribution is 0.0531. The van der Waals surface area contributed by atoms with Crippen LogP contribution < -0.4 is 10.6 Å². The van der Waals surface area contributed by atoms with Gasteiger partial charge in [0.05, 0.1) is 6.54 Å². The smallest absolute Gasteiger partial charge is 0.191 e. The highest BCUT2D eigenvalue weighted by molar-refractivity contribution is 9.10. The van der Waals surface area contributed by atoms with Crippen LogP contribution in [0.25, 0.3) is 0 Å². The molecule has 1 aliphatic carbocycles. The van der Waals surface area contributed by atoms with Crippen LogP contribution in [0.5, 0.6) is 0 Å². The molecule has 0 bridgehead atoms. The van der Waals surface area contributed by atoms with Gasteiger partial charge in [0.2, 0.25) is 0 Å². The fourth-order valence-corrected chi connectivity index (χ4v) is 4.18. The third-order valence-electron chi connectivity index (χ3n) is 5.49. The number of nitrogens with one attached hydrogen (secondary N) is 2. The summed E-state index contributed by atoms with van der Waals surface area (Å²) in [6.45, 7) is 5.47. The average Bonchev–Trinajstić information content (AvgIpc) is 3.14. The third kappa shape index (κ3) is 4.98. The first kappa shape index (κ1) is 18.7. The van der Waals surface area contributed by atoms with Crippen LogP contribution in [0.2, 0.25) is 0 Å². The Morgan fingerprint density at radius 1 is 1.20 bits per heavy atom. The topological polar surface area (TPSA) is 45.7 Å². The van der Waals surface area contributed by atoms with Crippen molar-refractivity contribution in [2.45, 2.75) is 56.9 Å². The molecule has 0 unspecified atom stereocenters. The zero-order valence-electron chi connectivity index (χ0n) is 15.2. The fraction of sp³-hybridized carbons (Fsp3) is 0.650. The van der Waals surface area contributed by atoms with E-state index in [1.807, 2.05) is 0 Å². The minimum Gasteiger partial charge on any atom is -0.381 e. The molecule has 4 nitrogen and oxygen atoms in total. The van der Waals surface area contributed by atoms with Gasteiger partial charge in [-0.05, 0) is 50.3 Å². The van der Waals surface area contributed by atoms with E-state index in [2.05, 4.69) is 57.8 Å². The number of hydrogen-bond donors (Lipinski definition) is 2. The van der Waals surface area contributed by atoms with Crippen molar-refractivity contribution in [3.05, 3.63) is 34.3 Å². The monoisotopic (exact) mass is 407 g/mol. The van der Waals surface area contributed by atoms with Crippen LogP contribution in [0, 0.1) is 0 Å². The van der Waals surface area contributed by atoms with Gasteiger partial charge in [0.25, 0.3) is 0 Å². The number of halogens is 1. The predicted octanol–water partition coefficient (Wildman–Crippen LogP) is 4.00. The van der Waals surface area contributed by atoms with Gasteiger partial charge in [-0.2, -0.15) is 0 Å². The van der Waals surface area contributed by atoms with Gasteiger partial charge in [-0.15, -0.1) is 0 Å². The van der Waals surface area contributed by atoms with E-state index in [0.29, 0.717) is 6.04 Å². The molecule has 2 fully saturated rings. The molecule has 5 heteroatoms. The lowest BCUT2D eigenvalue weighted by Gasteiger charge is -2.37. The highest BCUT2D eigenvalue weighted by atomic mass is 79.9. The second-order valence-electron chi connectivity index (χ2n) is 7.22. The van der Waals surface area contributed by atoms with Crippen molar-refractivity contribution in [3.63, 3.8) is 0 Å². The molecule has 0 amide bonds. The summed E-state index contributed by atoms with van der Waals surface area (Å²) in [5, 5.41) is 7.06. The van der Waals surface area contributed by atoms with Crippen LogP contribution in [0.4, 0.5) is 0 Å². The maximum absolute atomic E-state index is 5.64. The molecule has 1 aromatic carbocycles. The Hall–Kier alpha value is -1.07. The zero-order valence-corrected chi connectivity index (χ0v) is 16.8. The standard InChI is InChI=1S/C20H30BrN3O/c1-2-22-19(24-18-5-3-4-6-18)23-15-20(11-13-25-14-12-20)16-7-9-17(21)10-8-16/h7-10,18H,2-6,11-15H2,1H3,(H2,22,23,24). The first-order valence-electron chi connectivity index (χ1n) is 9.60. The van der Waals surface area contributed by atoms with E-state index in [-0.39, 0.29) is 5.41 Å². The summed E-state index contributed by atoms with van der Waals surface area (Å²) in [5.41, 5.74) is 1.45. The van der Waals surface area contributed by atoms with E-state index in [1.165, 1.54) is 31.2 Å². The van der Waals surface area contributed by atoms with Gasteiger partial charge in [-0.25, -0.2) is 0 Å². The zero-order chi connectivity index (χ0) is 17.5. The van der Waals surface area contributed by atoms with E-state index in [0.717, 1.165) is 49.6 Å². The lowest BCUT2D eigenvalue weighted by Crippen LogP contribution is -2.44. The minimum atomic E-state index is 0.0803. The Bertz CT molecular complexity index is 561. The van der Waals surface area contributed by atoms with Gasteiger partial charge in [-0.3, -0.25) is 4.99 Å². The maximum Gasteiger partial charge on any atom is 0.191 e. The minimum absolute atomic E-state index is 0.0803. The number of ether oxygens (including phenoxy) is 1. The van der Waals surface area contributed by atoms with Crippen molar-refractivity contribution in [3.8, 4) is 0 Å². The Morgan fingerprint density at radius 2 is 1.88 bits per heavy atom. The summed E-state index contributed by atoms with van der Waals surface area (Å²) in [4.78, 5) is 5.00. The Balaban J connectivity index is 1.76. The normalized spacial score (nSPS) is 21.3. The van der Waals surface area contributed by atoms with E-state index in [9.17, 15) is 0 Å². The second kappa shape index (κ2) is 9.04. The molecule has 1 aliphatic heterocycles. The SMILES string of the molecule is CCNC(=NCC1(c2ccc(Br)cc2)CCOCC1)NC1CCCC1. The van der Waals surface area contributed by atoms with Crippen LogP contribution in [0.15, 0.2) is 33.7 Å². The number of guanidine groups is 1. The third-order valence-corrected chi connectivity index (χ3v) is 6.02. The van der Waals surface area contributed by atoms with Crippen molar-refractivity contribution < 1.29 is 4.74 Å². The molecule has 3 rings (SSSR count). The molecule has 0 radical (unpaired) electrons. The van der Waals surface area contributed by atoms with Gasteiger partial charge >= 0.3 is 0 Å². The molecule has 1 aromatic rings. The number of aliphatic imine (C=N–C) groups is 1. The number of hydrogen-bond acceptors (Lipinski definition) is 2. The van der Waals surface area contributed by atoms with Crippen LogP contribution in [0.3, 0.4) is 0 Å². The molecular weight excluding hydrogens is 378 g/mol.